The van der Waals surface area contributed by atoms with Crippen LogP contribution in [0.4, 0.5) is 5.00 Å². The maximum absolute atomic E-state index is 12.7. The van der Waals surface area contributed by atoms with E-state index in [0.29, 0.717) is 5.00 Å². The largest absolute Gasteiger partial charge is 0.454 e. The molecule has 2 heterocycles. The number of esters is 1. The van der Waals surface area contributed by atoms with Crippen molar-refractivity contribution in [2.75, 3.05) is 19.4 Å². The molecule has 0 saturated carbocycles. The van der Waals surface area contributed by atoms with Gasteiger partial charge < -0.3 is 14.5 Å². The molecule has 2 aromatic heterocycles. The molecule has 0 unspecified atom stereocenters. The first kappa shape index (κ1) is 23.1. The van der Waals surface area contributed by atoms with E-state index in [0.717, 1.165) is 14.7 Å². The second-order valence-corrected chi connectivity index (χ2v) is 11.1. The number of ether oxygens (including phenoxy) is 1. The third kappa shape index (κ3) is 5.06. The molecule has 0 saturated heterocycles. The number of thiophene rings is 1. The summed E-state index contributed by atoms with van der Waals surface area (Å²) in [5, 5.41) is 3.00. The summed E-state index contributed by atoms with van der Waals surface area (Å²) < 4.78 is 35.8. The predicted molar refractivity (Wildman–Crippen MR) is 111 cm³/mol. The van der Waals surface area contributed by atoms with E-state index in [2.05, 4.69) is 5.32 Å². The van der Waals surface area contributed by atoms with E-state index >= 15 is 0 Å². The quantitative estimate of drug-likeness (QED) is 0.686. The second-order valence-electron chi connectivity index (χ2n) is 7.78. The fourth-order valence-corrected chi connectivity index (χ4v) is 4.07. The SMILES string of the molecule is Cc1sc(NC(=O)C(C)(C)C)c(C(=O)OCc2ccc(S(=O)(=O)N(C)C)o2)c1C. The molecule has 0 aliphatic rings. The molecular weight excluding hydrogens is 416 g/mol. The van der Waals surface area contributed by atoms with Crippen LogP contribution in [0.25, 0.3) is 0 Å². The standard InChI is InChI=1S/C19H26N2O6S2/c1-11-12(2)28-16(20-18(23)19(3,4)5)15(11)17(22)26-10-13-8-9-14(27-13)29(24,25)21(6)7/h8-9H,10H2,1-7H3,(H,20,23). The number of amides is 1. The van der Waals surface area contributed by atoms with Gasteiger partial charge in [-0.25, -0.2) is 17.5 Å². The van der Waals surface area contributed by atoms with Crippen LogP contribution < -0.4 is 5.32 Å². The van der Waals surface area contributed by atoms with E-state index < -0.39 is 21.4 Å². The van der Waals surface area contributed by atoms with Gasteiger partial charge in [0.15, 0.2) is 0 Å². The minimum absolute atomic E-state index is 0.198. The molecule has 2 aromatic rings. The molecule has 10 heteroatoms. The van der Waals surface area contributed by atoms with Crippen molar-refractivity contribution in [1.29, 1.82) is 0 Å². The Labute approximate surface area is 174 Å². The van der Waals surface area contributed by atoms with Gasteiger partial charge in [-0.05, 0) is 31.5 Å². The van der Waals surface area contributed by atoms with Crippen LogP contribution in [0.5, 0.6) is 0 Å². The van der Waals surface area contributed by atoms with Crippen LogP contribution in [0.3, 0.4) is 0 Å². The van der Waals surface area contributed by atoms with E-state index in [4.69, 9.17) is 9.15 Å². The van der Waals surface area contributed by atoms with Gasteiger partial charge in [0, 0.05) is 24.4 Å². The molecule has 0 aromatic carbocycles. The summed E-state index contributed by atoms with van der Waals surface area (Å²) in [4.78, 5) is 25.9. The zero-order valence-electron chi connectivity index (χ0n) is 17.6. The summed E-state index contributed by atoms with van der Waals surface area (Å²) in [5.41, 5.74) is 0.396. The van der Waals surface area contributed by atoms with Gasteiger partial charge in [-0.2, -0.15) is 0 Å². The molecule has 29 heavy (non-hydrogen) atoms. The van der Waals surface area contributed by atoms with E-state index in [1.54, 1.807) is 27.7 Å². The maximum Gasteiger partial charge on any atom is 0.341 e. The highest BCUT2D eigenvalue weighted by Crippen LogP contribution is 2.34. The first-order chi connectivity index (χ1) is 13.2. The summed E-state index contributed by atoms with van der Waals surface area (Å²) in [6, 6.07) is 2.76. The number of carbonyl (C=O) groups excluding carboxylic acids is 2. The monoisotopic (exact) mass is 442 g/mol. The van der Waals surface area contributed by atoms with E-state index in [9.17, 15) is 18.0 Å². The predicted octanol–water partition coefficient (Wildman–Crippen LogP) is 3.55. The van der Waals surface area contributed by atoms with Crippen molar-refractivity contribution < 1.29 is 27.2 Å². The Morgan fingerprint density at radius 2 is 1.83 bits per heavy atom. The summed E-state index contributed by atoms with van der Waals surface area (Å²) in [6.45, 7) is 8.75. The van der Waals surface area contributed by atoms with Crippen LogP contribution in [0.1, 0.15) is 47.3 Å². The number of nitrogens with zero attached hydrogens (tertiary/aromatic N) is 1. The average molecular weight is 443 g/mol. The van der Waals surface area contributed by atoms with Crippen LogP contribution in [0.15, 0.2) is 21.6 Å². The number of rotatable bonds is 6. The summed E-state index contributed by atoms with van der Waals surface area (Å²) in [5.74, 6) is -0.634. The van der Waals surface area contributed by atoms with E-state index in [1.165, 1.54) is 37.6 Å². The number of sulfonamides is 1. The highest BCUT2D eigenvalue weighted by molar-refractivity contribution is 7.88. The van der Waals surface area contributed by atoms with Crippen LogP contribution in [-0.4, -0.2) is 38.7 Å². The number of carbonyl (C=O) groups is 2. The minimum Gasteiger partial charge on any atom is -0.454 e. The molecule has 0 radical (unpaired) electrons. The lowest BCUT2D eigenvalue weighted by Gasteiger charge is -2.17. The number of aryl methyl sites for hydroxylation is 1. The van der Waals surface area contributed by atoms with Crippen molar-refractivity contribution >= 4 is 38.2 Å². The lowest BCUT2D eigenvalue weighted by Crippen LogP contribution is -2.28. The topological polar surface area (TPSA) is 106 Å². The van der Waals surface area contributed by atoms with Crippen molar-refractivity contribution in [3.05, 3.63) is 33.9 Å². The molecule has 1 N–H and O–H groups in total. The van der Waals surface area contributed by atoms with Gasteiger partial charge in [0.05, 0.1) is 5.56 Å². The van der Waals surface area contributed by atoms with Gasteiger partial charge in [0.25, 0.3) is 10.0 Å². The van der Waals surface area contributed by atoms with Gasteiger partial charge in [0.2, 0.25) is 11.0 Å². The summed E-state index contributed by atoms with van der Waals surface area (Å²) in [6.07, 6.45) is 0. The maximum atomic E-state index is 12.7. The Bertz CT molecular complexity index is 1030. The Hall–Kier alpha value is -2.17. The molecule has 1 amide bonds. The Morgan fingerprint density at radius 1 is 1.21 bits per heavy atom. The Kier molecular flexibility index (Phi) is 6.61. The van der Waals surface area contributed by atoms with Gasteiger partial charge in [-0.15, -0.1) is 11.3 Å². The van der Waals surface area contributed by atoms with Crippen molar-refractivity contribution in [2.24, 2.45) is 5.41 Å². The number of furan rings is 1. The van der Waals surface area contributed by atoms with Crippen LogP contribution >= 0.6 is 11.3 Å². The second kappa shape index (κ2) is 8.29. The average Bonchev–Trinajstić information content (AvgIpc) is 3.18. The smallest absolute Gasteiger partial charge is 0.341 e. The third-order valence-corrected chi connectivity index (χ3v) is 7.03. The molecule has 0 bridgehead atoms. The summed E-state index contributed by atoms with van der Waals surface area (Å²) >= 11 is 1.31. The zero-order valence-corrected chi connectivity index (χ0v) is 19.2. The molecular formula is C19H26N2O6S2. The number of hydrogen-bond acceptors (Lipinski definition) is 7. The van der Waals surface area contributed by atoms with E-state index in [-0.39, 0.29) is 28.9 Å². The highest BCUT2D eigenvalue weighted by Gasteiger charge is 2.27. The van der Waals surface area contributed by atoms with Gasteiger partial charge in [-0.1, -0.05) is 20.8 Å². The van der Waals surface area contributed by atoms with Crippen LogP contribution in [0.2, 0.25) is 0 Å². The normalized spacial score (nSPS) is 12.3. The number of hydrogen-bond donors (Lipinski definition) is 1. The molecule has 2 rings (SSSR count). The van der Waals surface area contributed by atoms with Gasteiger partial charge >= 0.3 is 5.97 Å². The van der Waals surface area contributed by atoms with Crippen molar-refractivity contribution in [3.63, 3.8) is 0 Å². The van der Waals surface area contributed by atoms with E-state index in [1.807, 2.05) is 6.92 Å². The molecule has 0 spiro atoms. The highest BCUT2D eigenvalue weighted by atomic mass is 32.2. The minimum atomic E-state index is -3.70. The zero-order chi connectivity index (χ0) is 22.1. The summed E-state index contributed by atoms with van der Waals surface area (Å²) in [7, 11) is -0.913. The molecule has 0 aliphatic carbocycles. The molecule has 0 aliphatic heterocycles. The van der Waals surface area contributed by atoms with Gasteiger partial charge in [0.1, 0.15) is 17.4 Å². The molecule has 160 valence electrons. The molecule has 8 nitrogen and oxygen atoms in total. The van der Waals surface area contributed by atoms with Crippen molar-refractivity contribution in [3.8, 4) is 0 Å². The number of anilines is 1. The number of nitrogens with one attached hydrogen (secondary N) is 1. The third-order valence-electron chi connectivity index (χ3n) is 4.22. The fraction of sp³-hybridized carbons (Fsp3) is 0.474. The Morgan fingerprint density at radius 3 is 2.38 bits per heavy atom. The van der Waals surface area contributed by atoms with Crippen molar-refractivity contribution in [1.82, 2.24) is 4.31 Å². The fourth-order valence-electron chi connectivity index (χ4n) is 2.21. The van der Waals surface area contributed by atoms with Crippen LogP contribution in [0, 0.1) is 19.3 Å². The first-order valence-corrected chi connectivity index (χ1v) is 11.1. The first-order valence-electron chi connectivity index (χ1n) is 8.85. The van der Waals surface area contributed by atoms with Gasteiger partial charge in [-0.3, -0.25) is 4.79 Å². The molecule has 0 atom stereocenters. The lowest BCUT2D eigenvalue weighted by molar-refractivity contribution is -0.123. The van der Waals surface area contributed by atoms with Crippen molar-refractivity contribution in [2.45, 2.75) is 46.3 Å². The lowest BCUT2D eigenvalue weighted by atomic mass is 9.96. The molecule has 0 fully saturated rings. The van der Waals surface area contributed by atoms with Crippen LogP contribution in [-0.2, 0) is 26.2 Å². The Balaban J connectivity index is 2.18.